The molecule has 1 aromatic heterocycles. The van der Waals surface area contributed by atoms with Crippen LogP contribution < -0.4 is 0 Å². The van der Waals surface area contributed by atoms with Crippen molar-refractivity contribution in [2.45, 2.75) is 5.41 Å². The fourth-order valence-corrected chi connectivity index (χ4v) is 10.8. The summed E-state index contributed by atoms with van der Waals surface area (Å²) in [6.45, 7) is 0. The van der Waals surface area contributed by atoms with Crippen LogP contribution in [-0.2, 0) is 5.41 Å². The Hall–Kier alpha value is -7.48. The van der Waals surface area contributed by atoms with Gasteiger partial charge in [0.05, 0.1) is 16.4 Å². The van der Waals surface area contributed by atoms with E-state index in [4.69, 9.17) is 0 Å². The van der Waals surface area contributed by atoms with Gasteiger partial charge in [-0.25, -0.2) is 0 Å². The number of rotatable bonds is 3. The van der Waals surface area contributed by atoms with E-state index < -0.39 is 0 Å². The zero-order chi connectivity index (χ0) is 38.0. The number of para-hydroxylation sites is 1. The zero-order valence-corrected chi connectivity index (χ0v) is 31.7. The van der Waals surface area contributed by atoms with Gasteiger partial charge in [-0.2, -0.15) is 0 Å². The summed E-state index contributed by atoms with van der Waals surface area (Å²) in [5, 5.41) is 7.68. The van der Waals surface area contributed by atoms with Crippen molar-refractivity contribution < 1.29 is 0 Å². The van der Waals surface area contributed by atoms with E-state index in [2.05, 4.69) is 217 Å². The Morgan fingerprint density at radius 2 is 0.810 bits per heavy atom. The number of hydrogen-bond acceptors (Lipinski definition) is 0. The molecule has 11 aromatic rings. The van der Waals surface area contributed by atoms with Gasteiger partial charge in [0, 0.05) is 16.5 Å². The molecule has 10 aromatic carbocycles. The summed E-state index contributed by atoms with van der Waals surface area (Å²) in [4.78, 5) is 0. The van der Waals surface area contributed by atoms with Crippen molar-refractivity contribution in [3.8, 4) is 50.2 Å². The molecule has 1 heterocycles. The lowest BCUT2D eigenvalue weighted by Crippen LogP contribution is -2.25. The van der Waals surface area contributed by atoms with Gasteiger partial charge in [0.15, 0.2) is 0 Å². The fraction of sp³-hybridized carbons (Fsp3) is 0.0175. The number of aromatic nitrogens is 1. The Morgan fingerprint density at radius 1 is 0.293 bits per heavy atom. The molecule has 0 bridgehead atoms. The molecular formula is C57H35N. The molecule has 2 aliphatic carbocycles. The van der Waals surface area contributed by atoms with Crippen LogP contribution in [0.4, 0.5) is 0 Å². The Balaban J connectivity index is 1.01. The molecular weight excluding hydrogens is 699 g/mol. The number of nitrogens with zero attached hydrogens (tertiary/aromatic N) is 1. The standard InChI is InChI=1S/C57H35N/c1-2-15-40(16-3-1)58-53-33-31-37-14-4-5-17-41(37)55(53)56-47-22-7-6-18-42(47)48(35-54(56)58)38-28-26-36(27-29-38)39-30-32-46-45-21-10-13-25-51(45)57(52(46)34-39)49-23-11-8-19-43(49)44-20-9-12-24-50(44)57/h1-35H. The van der Waals surface area contributed by atoms with E-state index in [-0.39, 0.29) is 5.41 Å². The van der Waals surface area contributed by atoms with E-state index in [9.17, 15) is 0 Å². The van der Waals surface area contributed by atoms with Crippen LogP contribution in [0.15, 0.2) is 212 Å². The van der Waals surface area contributed by atoms with E-state index in [0.29, 0.717) is 0 Å². The third-order valence-electron chi connectivity index (χ3n) is 13.2. The van der Waals surface area contributed by atoms with E-state index in [1.807, 2.05) is 0 Å². The van der Waals surface area contributed by atoms with Crippen LogP contribution in [0, 0.1) is 0 Å². The lowest BCUT2D eigenvalue weighted by molar-refractivity contribution is 0.794. The zero-order valence-electron chi connectivity index (χ0n) is 31.7. The Labute approximate surface area is 336 Å². The second-order valence-corrected chi connectivity index (χ2v) is 15.9. The highest BCUT2D eigenvalue weighted by molar-refractivity contribution is 6.30. The minimum atomic E-state index is -0.355. The third-order valence-corrected chi connectivity index (χ3v) is 13.2. The summed E-state index contributed by atoms with van der Waals surface area (Å²) < 4.78 is 2.46. The molecule has 0 saturated carbocycles. The summed E-state index contributed by atoms with van der Waals surface area (Å²) >= 11 is 0. The first-order chi connectivity index (χ1) is 28.8. The van der Waals surface area contributed by atoms with Gasteiger partial charge in [-0.3, -0.25) is 0 Å². The van der Waals surface area contributed by atoms with Crippen molar-refractivity contribution in [2.75, 3.05) is 0 Å². The van der Waals surface area contributed by atoms with Crippen molar-refractivity contribution in [1.82, 2.24) is 4.57 Å². The SMILES string of the molecule is c1ccc(-n2c3ccc4ccccc4c3c3c4ccccc4c(-c4ccc(-c5ccc6c(c5)C5(c7ccccc7-c7ccccc75)c5ccccc5-6)cc4)cc32)cc1. The number of benzene rings is 10. The predicted octanol–water partition coefficient (Wildman–Crippen LogP) is 14.8. The molecule has 268 valence electrons. The molecule has 13 rings (SSSR count). The molecule has 1 nitrogen and oxygen atoms in total. The predicted molar refractivity (Wildman–Crippen MR) is 243 cm³/mol. The first kappa shape index (κ1) is 31.7. The van der Waals surface area contributed by atoms with Crippen LogP contribution >= 0.6 is 0 Å². The normalized spacial score (nSPS) is 13.3. The van der Waals surface area contributed by atoms with Crippen molar-refractivity contribution in [3.05, 3.63) is 235 Å². The fourth-order valence-electron chi connectivity index (χ4n) is 10.8. The van der Waals surface area contributed by atoms with Gasteiger partial charge in [-0.15, -0.1) is 0 Å². The lowest BCUT2D eigenvalue weighted by atomic mass is 9.70. The average Bonchev–Trinajstić information content (AvgIpc) is 3.91. The van der Waals surface area contributed by atoms with Gasteiger partial charge < -0.3 is 4.57 Å². The summed E-state index contributed by atoms with van der Waals surface area (Å²) in [7, 11) is 0. The molecule has 0 unspecified atom stereocenters. The van der Waals surface area contributed by atoms with Gasteiger partial charge in [0.2, 0.25) is 0 Å². The summed E-state index contributed by atoms with van der Waals surface area (Å²) in [5.41, 5.74) is 18.9. The van der Waals surface area contributed by atoms with Crippen LogP contribution in [0.3, 0.4) is 0 Å². The molecule has 1 spiro atoms. The van der Waals surface area contributed by atoms with Crippen molar-refractivity contribution in [1.29, 1.82) is 0 Å². The minimum Gasteiger partial charge on any atom is -0.309 e. The summed E-state index contributed by atoms with van der Waals surface area (Å²) in [6, 6.07) is 79.2. The van der Waals surface area contributed by atoms with Crippen molar-refractivity contribution >= 4 is 43.4 Å². The number of fused-ring (bicyclic) bond motifs is 17. The lowest BCUT2D eigenvalue weighted by Gasteiger charge is -2.30. The van der Waals surface area contributed by atoms with Crippen LogP contribution in [0.1, 0.15) is 22.3 Å². The second kappa shape index (κ2) is 11.8. The maximum atomic E-state index is 2.48. The highest BCUT2D eigenvalue weighted by Crippen LogP contribution is 2.63. The molecule has 0 radical (unpaired) electrons. The van der Waals surface area contributed by atoms with E-state index in [1.54, 1.807) is 0 Å². The molecule has 0 N–H and O–H groups in total. The molecule has 1 heteroatoms. The maximum absolute atomic E-state index is 2.48. The van der Waals surface area contributed by atoms with Crippen molar-refractivity contribution in [2.24, 2.45) is 0 Å². The van der Waals surface area contributed by atoms with Crippen LogP contribution in [0.2, 0.25) is 0 Å². The first-order valence-electron chi connectivity index (χ1n) is 20.3. The highest BCUT2D eigenvalue weighted by Gasteiger charge is 2.51. The molecule has 58 heavy (non-hydrogen) atoms. The molecule has 0 amide bonds. The monoisotopic (exact) mass is 733 g/mol. The molecule has 0 fully saturated rings. The third kappa shape index (κ3) is 4.10. The smallest absolute Gasteiger partial charge is 0.0725 e. The quantitative estimate of drug-likeness (QED) is 0.170. The van der Waals surface area contributed by atoms with E-state index >= 15 is 0 Å². The molecule has 0 aliphatic heterocycles. The Bertz CT molecular complexity index is 3430. The van der Waals surface area contributed by atoms with Crippen molar-refractivity contribution in [3.63, 3.8) is 0 Å². The van der Waals surface area contributed by atoms with Gasteiger partial charge in [0.25, 0.3) is 0 Å². The Kier molecular flexibility index (Phi) is 6.43. The highest BCUT2D eigenvalue weighted by atomic mass is 15.0. The topological polar surface area (TPSA) is 4.93 Å². The van der Waals surface area contributed by atoms with E-state index in [1.165, 1.54) is 116 Å². The maximum Gasteiger partial charge on any atom is 0.0725 e. The van der Waals surface area contributed by atoms with Gasteiger partial charge in [0.1, 0.15) is 0 Å². The minimum absolute atomic E-state index is 0.355. The van der Waals surface area contributed by atoms with Gasteiger partial charge >= 0.3 is 0 Å². The summed E-state index contributed by atoms with van der Waals surface area (Å²) in [5.74, 6) is 0. The molecule has 2 aliphatic rings. The molecule has 0 atom stereocenters. The van der Waals surface area contributed by atoms with Gasteiger partial charge in [-0.1, -0.05) is 182 Å². The first-order valence-corrected chi connectivity index (χ1v) is 20.3. The average molecular weight is 734 g/mol. The Morgan fingerprint density at radius 3 is 1.50 bits per heavy atom. The number of hydrogen-bond donors (Lipinski definition) is 0. The van der Waals surface area contributed by atoms with Crippen LogP contribution in [0.25, 0.3) is 93.5 Å². The summed E-state index contributed by atoms with van der Waals surface area (Å²) in [6.07, 6.45) is 0. The second-order valence-electron chi connectivity index (χ2n) is 15.9. The molecule has 0 saturated heterocycles. The van der Waals surface area contributed by atoms with Crippen LogP contribution in [0.5, 0.6) is 0 Å². The van der Waals surface area contributed by atoms with E-state index in [0.717, 1.165) is 0 Å². The van der Waals surface area contributed by atoms with Gasteiger partial charge in [-0.05, 0) is 119 Å². The largest absolute Gasteiger partial charge is 0.309 e. The van der Waals surface area contributed by atoms with Crippen LogP contribution in [-0.4, -0.2) is 4.57 Å².